The third-order valence-corrected chi connectivity index (χ3v) is 6.02. The molecule has 1 amide bonds. The van der Waals surface area contributed by atoms with E-state index in [2.05, 4.69) is 10.0 Å². The Kier molecular flexibility index (Phi) is 10.5. The van der Waals surface area contributed by atoms with Crippen molar-refractivity contribution in [3.05, 3.63) is 23.8 Å². The van der Waals surface area contributed by atoms with Gasteiger partial charge in [-0.25, -0.2) is 18.0 Å². The lowest BCUT2D eigenvalue weighted by Crippen LogP contribution is -2.51. The monoisotopic (exact) mass is 540 g/mol. The minimum absolute atomic E-state index is 0.0139. The second-order valence-electron chi connectivity index (χ2n) is 8.91. The number of benzene rings is 1. The third-order valence-electron chi connectivity index (χ3n) is 4.73. The average Bonchev–Trinajstić information content (AvgIpc) is 2.72. The number of hydrogen-bond donors (Lipinski definition) is 4. The molecule has 1 heterocycles. The highest BCUT2D eigenvalue weighted by molar-refractivity contribution is 7.92. The molecule has 0 saturated carbocycles. The molecular formula is C21H31F3N4O7S. The summed E-state index contributed by atoms with van der Waals surface area (Å²) in [6.07, 6.45) is -5.08. The van der Waals surface area contributed by atoms with Crippen LogP contribution in [0.15, 0.2) is 18.2 Å². The molecule has 36 heavy (non-hydrogen) atoms. The van der Waals surface area contributed by atoms with Crippen LogP contribution < -0.4 is 14.9 Å². The van der Waals surface area contributed by atoms with Gasteiger partial charge in [-0.15, -0.1) is 0 Å². The summed E-state index contributed by atoms with van der Waals surface area (Å²) < 4.78 is 58.3. The van der Waals surface area contributed by atoms with Gasteiger partial charge in [-0.2, -0.15) is 13.2 Å². The van der Waals surface area contributed by atoms with Crippen LogP contribution in [0.1, 0.15) is 38.1 Å². The van der Waals surface area contributed by atoms with E-state index in [0.29, 0.717) is 38.4 Å². The molecule has 11 nitrogen and oxygen atoms in total. The first-order valence-corrected chi connectivity index (χ1v) is 12.5. The summed E-state index contributed by atoms with van der Waals surface area (Å²) in [7, 11) is -3.55. The fourth-order valence-corrected chi connectivity index (χ4v) is 3.72. The minimum atomic E-state index is -5.08. The van der Waals surface area contributed by atoms with Crippen LogP contribution in [0.5, 0.6) is 0 Å². The van der Waals surface area contributed by atoms with Crippen LogP contribution in [-0.2, 0) is 19.6 Å². The molecule has 0 bridgehead atoms. The number of carboxylic acids is 2. The van der Waals surface area contributed by atoms with Crippen LogP contribution in [0, 0.1) is 0 Å². The molecule has 0 spiro atoms. The van der Waals surface area contributed by atoms with Crippen molar-refractivity contribution in [2.45, 2.75) is 39.4 Å². The average molecular weight is 541 g/mol. The molecule has 1 aliphatic rings. The van der Waals surface area contributed by atoms with Gasteiger partial charge in [-0.1, -0.05) is 0 Å². The van der Waals surface area contributed by atoms with Gasteiger partial charge in [-0.05, 0) is 45.9 Å². The molecule has 1 aliphatic heterocycles. The maximum Gasteiger partial charge on any atom is 0.490 e. The van der Waals surface area contributed by atoms with Gasteiger partial charge in [0.15, 0.2) is 0 Å². The summed E-state index contributed by atoms with van der Waals surface area (Å²) >= 11 is 0. The summed E-state index contributed by atoms with van der Waals surface area (Å²) in [6, 6.07) is 4.43. The van der Waals surface area contributed by atoms with Crippen LogP contribution in [0.25, 0.3) is 0 Å². The molecule has 0 unspecified atom stereocenters. The van der Waals surface area contributed by atoms with Crippen LogP contribution in [-0.4, -0.2) is 91.6 Å². The number of anilines is 2. The summed E-state index contributed by atoms with van der Waals surface area (Å²) in [5, 5.41) is 19.3. The number of hydrogen-bond acceptors (Lipinski definition) is 7. The summed E-state index contributed by atoms with van der Waals surface area (Å²) in [5.41, 5.74) is 0.618. The van der Waals surface area contributed by atoms with Gasteiger partial charge in [0, 0.05) is 31.7 Å². The Balaban J connectivity index is 0.000000809. The number of amides is 1. The van der Waals surface area contributed by atoms with E-state index in [0.717, 1.165) is 0 Å². The first kappa shape index (κ1) is 31.0. The van der Waals surface area contributed by atoms with Crippen molar-refractivity contribution < 1.29 is 46.2 Å². The molecule has 1 saturated heterocycles. The molecule has 1 aromatic carbocycles. The first-order valence-electron chi connectivity index (χ1n) is 10.8. The van der Waals surface area contributed by atoms with Crippen molar-refractivity contribution in [3.63, 3.8) is 0 Å². The molecular weight excluding hydrogens is 509 g/mol. The molecule has 0 aliphatic carbocycles. The number of rotatable bonds is 7. The first-order chi connectivity index (χ1) is 16.3. The normalized spacial score (nSPS) is 14.9. The smallest absolute Gasteiger partial charge is 0.478 e. The number of carbonyl (C=O) groups is 3. The second-order valence-corrected chi connectivity index (χ2v) is 10.9. The lowest BCUT2D eigenvalue weighted by molar-refractivity contribution is -0.192. The van der Waals surface area contributed by atoms with Crippen LogP contribution in [0.3, 0.4) is 0 Å². The number of piperazine rings is 1. The van der Waals surface area contributed by atoms with Gasteiger partial charge < -0.3 is 20.4 Å². The Morgan fingerprint density at radius 2 is 1.56 bits per heavy atom. The van der Waals surface area contributed by atoms with Crippen molar-refractivity contribution >= 4 is 39.2 Å². The molecule has 204 valence electrons. The van der Waals surface area contributed by atoms with Gasteiger partial charge in [0.1, 0.15) is 0 Å². The Morgan fingerprint density at radius 1 is 1.03 bits per heavy atom. The van der Waals surface area contributed by atoms with Gasteiger partial charge in [0.25, 0.3) is 0 Å². The van der Waals surface area contributed by atoms with Crippen LogP contribution in [0.2, 0.25) is 0 Å². The predicted molar refractivity (Wildman–Crippen MR) is 127 cm³/mol. The Labute approximate surface area is 207 Å². The van der Waals surface area contributed by atoms with Crippen molar-refractivity contribution in [1.82, 2.24) is 10.2 Å². The molecule has 1 aromatic rings. The number of aliphatic carboxylic acids is 1. The third kappa shape index (κ3) is 10.7. The molecule has 0 aromatic heterocycles. The topological polar surface area (TPSA) is 156 Å². The second kappa shape index (κ2) is 12.3. The van der Waals surface area contributed by atoms with Crippen molar-refractivity contribution in [1.29, 1.82) is 0 Å². The maximum absolute atomic E-state index is 12.1. The zero-order chi connectivity index (χ0) is 27.9. The van der Waals surface area contributed by atoms with Crippen LogP contribution in [0.4, 0.5) is 24.5 Å². The van der Waals surface area contributed by atoms with E-state index in [1.165, 1.54) is 19.1 Å². The number of carboxylic acid groups (broad SMARTS) is 2. The van der Waals surface area contributed by atoms with Gasteiger partial charge >= 0.3 is 18.1 Å². The number of aromatic carboxylic acids is 1. The zero-order valence-electron chi connectivity index (χ0n) is 20.3. The minimum Gasteiger partial charge on any atom is -0.478 e. The summed E-state index contributed by atoms with van der Waals surface area (Å²) in [4.78, 5) is 36.3. The largest absolute Gasteiger partial charge is 0.490 e. The van der Waals surface area contributed by atoms with Gasteiger partial charge in [0.2, 0.25) is 15.9 Å². The molecule has 4 N–H and O–H groups in total. The van der Waals surface area contributed by atoms with E-state index in [1.54, 1.807) is 6.07 Å². The Hall–Kier alpha value is -3.07. The predicted octanol–water partition coefficient (Wildman–Crippen LogP) is 1.82. The number of carbonyl (C=O) groups excluding carboxylic acids is 1. The number of sulfonamides is 1. The SMILES string of the molecule is CCS(=O)(=O)Nc1cc(C(=O)O)ccc1N1CCN(CC(=O)NC(C)(C)C)CC1.O=C(O)C(F)(F)F. The van der Waals surface area contributed by atoms with E-state index >= 15 is 0 Å². The molecule has 0 radical (unpaired) electrons. The summed E-state index contributed by atoms with van der Waals surface area (Å²) in [6.45, 7) is 10.1. The van der Waals surface area contributed by atoms with E-state index in [9.17, 15) is 36.3 Å². The Bertz CT molecular complexity index is 1050. The molecule has 0 atom stereocenters. The van der Waals surface area contributed by atoms with Gasteiger partial charge in [0.05, 0.1) is 29.2 Å². The zero-order valence-corrected chi connectivity index (χ0v) is 21.2. The van der Waals surface area contributed by atoms with Crippen molar-refractivity contribution in [2.24, 2.45) is 0 Å². The highest BCUT2D eigenvalue weighted by atomic mass is 32.2. The van der Waals surface area contributed by atoms with E-state index in [4.69, 9.17) is 9.90 Å². The summed E-state index contributed by atoms with van der Waals surface area (Å²) in [5.74, 6) is -4.02. The molecule has 15 heteroatoms. The fourth-order valence-electron chi connectivity index (χ4n) is 3.07. The highest BCUT2D eigenvalue weighted by Crippen LogP contribution is 2.29. The van der Waals surface area contributed by atoms with Crippen molar-refractivity contribution in [3.8, 4) is 0 Å². The van der Waals surface area contributed by atoms with E-state index < -0.39 is 28.1 Å². The highest BCUT2D eigenvalue weighted by Gasteiger charge is 2.38. The lowest BCUT2D eigenvalue weighted by atomic mass is 10.1. The lowest BCUT2D eigenvalue weighted by Gasteiger charge is -2.37. The number of alkyl halides is 3. The van der Waals surface area contributed by atoms with Crippen molar-refractivity contribution in [2.75, 3.05) is 48.1 Å². The Morgan fingerprint density at radius 3 is 1.97 bits per heavy atom. The number of nitrogens with one attached hydrogen (secondary N) is 2. The van der Waals surface area contributed by atoms with Crippen LogP contribution >= 0.6 is 0 Å². The number of nitrogens with zero attached hydrogens (tertiary/aromatic N) is 2. The van der Waals surface area contributed by atoms with Gasteiger partial charge in [-0.3, -0.25) is 14.4 Å². The fraction of sp³-hybridized carbons (Fsp3) is 0.571. The quantitative estimate of drug-likeness (QED) is 0.405. The standard InChI is InChI=1S/C19H30N4O5S.C2HF3O2/c1-5-29(27,28)21-15-12-14(18(25)26)6-7-16(15)23-10-8-22(9-11-23)13-17(24)20-19(2,3)4;3-2(4,5)1(6)7/h6-7,12,21H,5,8-11,13H2,1-4H3,(H,20,24)(H,25,26);(H,6,7). The maximum atomic E-state index is 12.1. The van der Waals surface area contributed by atoms with E-state index in [-0.39, 0.29) is 28.4 Å². The van der Waals surface area contributed by atoms with E-state index in [1.807, 2.05) is 30.6 Å². The molecule has 2 rings (SSSR count). The molecule has 1 fully saturated rings. The number of halogens is 3.